The lowest BCUT2D eigenvalue weighted by molar-refractivity contribution is -0.117. The van der Waals surface area contributed by atoms with E-state index in [4.69, 9.17) is 4.74 Å². The predicted molar refractivity (Wildman–Crippen MR) is 71.9 cm³/mol. The van der Waals surface area contributed by atoms with E-state index < -0.39 is 0 Å². The summed E-state index contributed by atoms with van der Waals surface area (Å²) < 4.78 is 5.60. The number of nitrogens with one attached hydrogen (secondary N) is 2. The highest BCUT2D eigenvalue weighted by atomic mass is 16.5. The first-order chi connectivity index (χ1) is 8.76. The fourth-order valence-corrected chi connectivity index (χ4v) is 2.04. The quantitative estimate of drug-likeness (QED) is 0.813. The van der Waals surface area contributed by atoms with E-state index in [0.717, 1.165) is 36.4 Å². The fourth-order valence-electron chi connectivity index (χ4n) is 2.04. The highest BCUT2D eigenvalue weighted by Gasteiger charge is 2.30. The van der Waals surface area contributed by atoms with Crippen molar-refractivity contribution < 1.29 is 9.53 Å². The van der Waals surface area contributed by atoms with Crippen molar-refractivity contribution >= 4 is 11.6 Å². The Hall–Kier alpha value is -1.55. The zero-order chi connectivity index (χ0) is 13.0. The molecule has 4 heteroatoms. The summed E-state index contributed by atoms with van der Waals surface area (Å²) in [5, 5.41) is 6.14. The van der Waals surface area contributed by atoms with Gasteiger partial charge < -0.3 is 15.4 Å². The molecule has 0 aliphatic carbocycles. The number of carbonyl (C=O) groups excluding carboxylic acids is 1. The van der Waals surface area contributed by atoms with Crippen molar-refractivity contribution in [2.24, 2.45) is 0 Å². The van der Waals surface area contributed by atoms with E-state index in [1.165, 1.54) is 0 Å². The van der Waals surface area contributed by atoms with Crippen LogP contribution in [0.5, 0.6) is 5.75 Å². The smallest absolute Gasteiger partial charge is 0.246 e. The Morgan fingerprint density at radius 1 is 1.33 bits per heavy atom. The maximum absolute atomic E-state index is 11.8. The minimum atomic E-state index is -0.245. The molecule has 1 unspecified atom stereocenters. The number of fused-ring (bicyclic) bond motifs is 1. The fraction of sp³-hybridized carbons (Fsp3) is 0.500. The van der Waals surface area contributed by atoms with Crippen LogP contribution in [0.3, 0.4) is 0 Å². The van der Waals surface area contributed by atoms with Crippen LogP contribution in [0.1, 0.15) is 38.3 Å². The number of ether oxygens (including phenoxy) is 1. The van der Waals surface area contributed by atoms with E-state index in [2.05, 4.69) is 24.5 Å². The first-order valence-electron chi connectivity index (χ1n) is 6.57. The molecule has 0 aromatic heterocycles. The van der Waals surface area contributed by atoms with Crippen LogP contribution in [0.2, 0.25) is 0 Å². The topological polar surface area (TPSA) is 50.4 Å². The molecule has 1 aliphatic heterocycles. The second-order valence-corrected chi connectivity index (χ2v) is 4.47. The second-order valence-electron chi connectivity index (χ2n) is 4.47. The van der Waals surface area contributed by atoms with Crippen molar-refractivity contribution in [1.82, 2.24) is 5.32 Å². The third-order valence-electron chi connectivity index (χ3n) is 2.93. The minimum Gasteiger partial charge on any atom is -0.494 e. The number of hydrogen-bond donors (Lipinski definition) is 2. The molecule has 98 valence electrons. The largest absolute Gasteiger partial charge is 0.494 e. The van der Waals surface area contributed by atoms with E-state index >= 15 is 0 Å². The molecular weight excluding hydrogens is 228 g/mol. The van der Waals surface area contributed by atoms with Gasteiger partial charge >= 0.3 is 0 Å². The molecule has 2 rings (SSSR count). The number of benzene rings is 1. The second kappa shape index (κ2) is 5.87. The van der Waals surface area contributed by atoms with Crippen LogP contribution in [0.25, 0.3) is 0 Å². The Morgan fingerprint density at radius 2 is 2.17 bits per heavy atom. The predicted octanol–water partition coefficient (Wildman–Crippen LogP) is 2.47. The van der Waals surface area contributed by atoms with Crippen molar-refractivity contribution in [1.29, 1.82) is 0 Å². The molecule has 0 spiro atoms. The standard InChI is InChI=1S/C14H20N2O2/c1-3-7-15-13-11-9-10(18-8-4-2)5-6-12(11)16-14(13)17/h5-6,9,13,15H,3-4,7-8H2,1-2H3,(H,16,17). The van der Waals surface area contributed by atoms with Gasteiger partial charge in [0.05, 0.1) is 6.61 Å². The highest BCUT2D eigenvalue weighted by Crippen LogP contribution is 2.33. The van der Waals surface area contributed by atoms with Crippen LogP contribution < -0.4 is 15.4 Å². The molecule has 1 aromatic carbocycles. The van der Waals surface area contributed by atoms with Gasteiger partial charge in [0.2, 0.25) is 5.91 Å². The number of carbonyl (C=O) groups is 1. The molecule has 0 fully saturated rings. The lowest BCUT2D eigenvalue weighted by atomic mass is 10.1. The summed E-state index contributed by atoms with van der Waals surface area (Å²) in [5.74, 6) is 0.849. The zero-order valence-corrected chi connectivity index (χ0v) is 11.0. The molecular formula is C14H20N2O2. The normalized spacial score (nSPS) is 17.4. The molecule has 1 aliphatic rings. The molecule has 0 saturated carbocycles. The van der Waals surface area contributed by atoms with Gasteiger partial charge in [0, 0.05) is 11.3 Å². The summed E-state index contributed by atoms with van der Waals surface area (Å²) >= 11 is 0. The Balaban J connectivity index is 2.16. The molecule has 0 radical (unpaired) electrons. The van der Waals surface area contributed by atoms with Gasteiger partial charge in [-0.1, -0.05) is 13.8 Å². The van der Waals surface area contributed by atoms with Crippen LogP contribution in [0, 0.1) is 0 Å². The summed E-state index contributed by atoms with van der Waals surface area (Å²) in [6, 6.07) is 5.52. The van der Waals surface area contributed by atoms with Crippen molar-refractivity contribution in [2.75, 3.05) is 18.5 Å². The number of amides is 1. The Labute approximate surface area is 108 Å². The lowest BCUT2D eigenvalue weighted by Crippen LogP contribution is -2.28. The van der Waals surface area contributed by atoms with Crippen LogP contribution in [0.15, 0.2) is 18.2 Å². The first-order valence-corrected chi connectivity index (χ1v) is 6.57. The average molecular weight is 248 g/mol. The maximum Gasteiger partial charge on any atom is 0.246 e. The Morgan fingerprint density at radius 3 is 2.89 bits per heavy atom. The van der Waals surface area contributed by atoms with Gasteiger partial charge in [-0.15, -0.1) is 0 Å². The molecule has 18 heavy (non-hydrogen) atoms. The molecule has 1 heterocycles. The van der Waals surface area contributed by atoms with Crippen LogP contribution in [-0.2, 0) is 4.79 Å². The van der Waals surface area contributed by atoms with Crippen LogP contribution in [0.4, 0.5) is 5.69 Å². The summed E-state index contributed by atoms with van der Waals surface area (Å²) in [4.78, 5) is 11.8. The summed E-state index contributed by atoms with van der Waals surface area (Å²) in [5.41, 5.74) is 1.87. The van der Waals surface area contributed by atoms with Gasteiger partial charge in [-0.05, 0) is 37.6 Å². The van der Waals surface area contributed by atoms with E-state index in [-0.39, 0.29) is 11.9 Å². The minimum absolute atomic E-state index is 0.0195. The van der Waals surface area contributed by atoms with E-state index in [0.29, 0.717) is 6.61 Å². The molecule has 1 aromatic rings. The Bertz CT molecular complexity index is 432. The van der Waals surface area contributed by atoms with Gasteiger partial charge in [-0.2, -0.15) is 0 Å². The molecule has 1 atom stereocenters. The number of rotatable bonds is 6. The Kier molecular flexibility index (Phi) is 4.20. The summed E-state index contributed by atoms with van der Waals surface area (Å²) in [7, 11) is 0. The van der Waals surface area contributed by atoms with E-state index in [1.54, 1.807) is 0 Å². The van der Waals surface area contributed by atoms with Crippen LogP contribution >= 0.6 is 0 Å². The summed E-state index contributed by atoms with van der Waals surface area (Å²) in [6.45, 7) is 5.69. The molecule has 4 nitrogen and oxygen atoms in total. The first kappa shape index (κ1) is 12.9. The molecule has 0 saturated heterocycles. The molecule has 2 N–H and O–H groups in total. The SMILES string of the molecule is CCCNC1C(=O)Nc2ccc(OCCC)cc21. The summed E-state index contributed by atoms with van der Waals surface area (Å²) in [6.07, 6.45) is 1.98. The number of hydrogen-bond acceptors (Lipinski definition) is 3. The maximum atomic E-state index is 11.8. The highest BCUT2D eigenvalue weighted by molar-refractivity contribution is 6.02. The van der Waals surface area contributed by atoms with E-state index in [9.17, 15) is 4.79 Å². The monoisotopic (exact) mass is 248 g/mol. The van der Waals surface area contributed by atoms with Crippen molar-refractivity contribution in [3.63, 3.8) is 0 Å². The zero-order valence-electron chi connectivity index (χ0n) is 11.0. The van der Waals surface area contributed by atoms with Gasteiger partial charge in [0.1, 0.15) is 11.8 Å². The van der Waals surface area contributed by atoms with Gasteiger partial charge in [0.25, 0.3) is 0 Å². The van der Waals surface area contributed by atoms with Crippen molar-refractivity contribution in [3.8, 4) is 5.75 Å². The van der Waals surface area contributed by atoms with Gasteiger partial charge in [0.15, 0.2) is 0 Å². The molecule has 1 amide bonds. The number of anilines is 1. The lowest BCUT2D eigenvalue weighted by Gasteiger charge is -2.11. The van der Waals surface area contributed by atoms with Crippen LogP contribution in [-0.4, -0.2) is 19.1 Å². The molecule has 0 bridgehead atoms. The van der Waals surface area contributed by atoms with E-state index in [1.807, 2.05) is 18.2 Å². The third-order valence-corrected chi connectivity index (χ3v) is 2.93. The van der Waals surface area contributed by atoms with Crippen molar-refractivity contribution in [3.05, 3.63) is 23.8 Å². The average Bonchev–Trinajstić information content (AvgIpc) is 2.69. The third kappa shape index (κ3) is 2.64. The van der Waals surface area contributed by atoms with Gasteiger partial charge in [-0.25, -0.2) is 0 Å². The van der Waals surface area contributed by atoms with Gasteiger partial charge in [-0.3, -0.25) is 4.79 Å². The van der Waals surface area contributed by atoms with Crippen molar-refractivity contribution in [2.45, 2.75) is 32.7 Å².